The molecule has 2 heterocycles. The van der Waals surface area contributed by atoms with Gasteiger partial charge in [0.2, 0.25) is 0 Å². The van der Waals surface area contributed by atoms with Crippen LogP contribution in [0.25, 0.3) is 0 Å². The molecule has 2 aromatic rings. The van der Waals surface area contributed by atoms with Crippen molar-refractivity contribution in [2.75, 3.05) is 6.61 Å². The Morgan fingerprint density at radius 3 is 2.56 bits per heavy atom. The van der Waals surface area contributed by atoms with Crippen molar-refractivity contribution in [3.05, 3.63) is 58.9 Å². The molecule has 0 fully saturated rings. The normalized spacial score (nSPS) is 16.8. The Labute approximate surface area is 147 Å². The molecule has 3 rings (SSSR count). The zero-order valence-corrected chi connectivity index (χ0v) is 14.9. The van der Waals surface area contributed by atoms with E-state index in [2.05, 4.69) is 50.6 Å². The molecule has 1 aromatic heterocycles. The summed E-state index contributed by atoms with van der Waals surface area (Å²) in [6.07, 6.45) is 1.32. The number of aromatic carboxylic acids is 1. The van der Waals surface area contributed by atoms with Crippen LogP contribution < -0.4 is 4.74 Å². The number of nitrogens with zero attached hydrogens (tertiary/aromatic N) is 1. The molecule has 1 aromatic carbocycles. The number of hydrogen-bond acceptors (Lipinski definition) is 3. The Morgan fingerprint density at radius 2 is 1.92 bits per heavy atom. The predicted octanol–water partition coefficient (Wildman–Crippen LogP) is 3.88. The highest BCUT2D eigenvalue weighted by Crippen LogP contribution is 2.48. The number of aromatic nitrogens is 1. The second-order valence-corrected chi connectivity index (χ2v) is 7.50. The highest BCUT2D eigenvalue weighted by Gasteiger charge is 2.44. The lowest BCUT2D eigenvalue weighted by Gasteiger charge is -2.46. The average Bonchev–Trinajstić information content (AvgIpc) is 2.57. The predicted molar refractivity (Wildman–Crippen MR) is 95.9 cm³/mol. The number of benzene rings is 1. The van der Waals surface area contributed by atoms with E-state index in [9.17, 15) is 4.79 Å². The first-order valence-corrected chi connectivity index (χ1v) is 8.19. The van der Waals surface area contributed by atoms with Crippen molar-refractivity contribution in [3.63, 3.8) is 0 Å². The lowest BCUT2D eigenvalue weighted by Crippen LogP contribution is -2.44. The third-order valence-electron chi connectivity index (χ3n) is 5.28. The molecule has 128 valence electrons. The summed E-state index contributed by atoms with van der Waals surface area (Å²) in [7, 11) is 0. The molecule has 0 aliphatic carbocycles. The van der Waals surface area contributed by atoms with Crippen molar-refractivity contribution >= 4 is 5.97 Å². The van der Waals surface area contributed by atoms with Gasteiger partial charge in [-0.2, -0.15) is 0 Å². The quantitative estimate of drug-likeness (QED) is 0.804. The van der Waals surface area contributed by atoms with Gasteiger partial charge in [-0.1, -0.05) is 33.6 Å². The SMILES string of the molecule is CC1(C)COc2ccc(C#Cc3ccc(C(=O)O)cn3)cc2C1(C)C. The van der Waals surface area contributed by atoms with Crippen LogP contribution in [0.1, 0.15) is 54.9 Å². The average molecular weight is 335 g/mol. The van der Waals surface area contributed by atoms with Gasteiger partial charge in [-0.05, 0) is 36.3 Å². The van der Waals surface area contributed by atoms with Gasteiger partial charge in [0, 0.05) is 28.2 Å². The third-order valence-corrected chi connectivity index (χ3v) is 5.28. The Balaban J connectivity index is 1.93. The monoisotopic (exact) mass is 335 g/mol. The van der Waals surface area contributed by atoms with Gasteiger partial charge in [0.05, 0.1) is 12.2 Å². The molecule has 4 heteroatoms. The smallest absolute Gasteiger partial charge is 0.337 e. The van der Waals surface area contributed by atoms with E-state index in [1.807, 2.05) is 12.1 Å². The van der Waals surface area contributed by atoms with Crippen LogP contribution in [0.15, 0.2) is 36.5 Å². The molecule has 0 unspecified atom stereocenters. The third kappa shape index (κ3) is 3.10. The van der Waals surface area contributed by atoms with Crippen molar-refractivity contribution in [3.8, 4) is 17.6 Å². The molecule has 0 bridgehead atoms. The maximum atomic E-state index is 10.9. The van der Waals surface area contributed by atoms with Crippen LogP contribution in [-0.2, 0) is 5.41 Å². The summed E-state index contributed by atoms with van der Waals surface area (Å²) < 4.78 is 5.91. The molecule has 25 heavy (non-hydrogen) atoms. The van der Waals surface area contributed by atoms with Crippen LogP contribution in [0.2, 0.25) is 0 Å². The van der Waals surface area contributed by atoms with E-state index in [0.717, 1.165) is 16.9 Å². The van der Waals surface area contributed by atoms with Gasteiger partial charge < -0.3 is 9.84 Å². The Kier molecular flexibility index (Phi) is 4.04. The fraction of sp³-hybridized carbons (Fsp3) is 0.333. The highest BCUT2D eigenvalue weighted by molar-refractivity contribution is 5.87. The molecule has 0 radical (unpaired) electrons. The minimum absolute atomic E-state index is 0.0280. The van der Waals surface area contributed by atoms with E-state index < -0.39 is 5.97 Å². The van der Waals surface area contributed by atoms with Crippen molar-refractivity contribution in [1.29, 1.82) is 0 Å². The summed E-state index contributed by atoms with van der Waals surface area (Å²) in [5.74, 6) is 6.02. The number of fused-ring (bicyclic) bond motifs is 1. The molecule has 0 amide bonds. The Bertz CT molecular complexity index is 884. The zero-order valence-electron chi connectivity index (χ0n) is 14.9. The number of ether oxygens (including phenoxy) is 1. The van der Waals surface area contributed by atoms with Crippen LogP contribution in [0.4, 0.5) is 0 Å². The van der Waals surface area contributed by atoms with Crippen LogP contribution in [0.3, 0.4) is 0 Å². The molecule has 4 nitrogen and oxygen atoms in total. The summed E-state index contributed by atoms with van der Waals surface area (Å²) in [5, 5.41) is 8.90. The van der Waals surface area contributed by atoms with E-state index in [4.69, 9.17) is 9.84 Å². The molecule has 1 N–H and O–H groups in total. The lowest BCUT2D eigenvalue weighted by atomic mass is 9.63. The second kappa shape index (κ2) is 5.93. The fourth-order valence-electron chi connectivity index (χ4n) is 2.76. The molecular weight excluding hydrogens is 314 g/mol. The summed E-state index contributed by atoms with van der Waals surface area (Å²) in [5.41, 5.74) is 2.74. The van der Waals surface area contributed by atoms with Crippen molar-refractivity contribution in [2.45, 2.75) is 33.1 Å². The standard InChI is InChI=1S/C21H21NO3/c1-20(2)13-25-18-10-6-14(11-17(18)21(20,3)4)5-8-16-9-7-15(12-22-16)19(23)24/h6-7,9-12H,13H2,1-4H3,(H,23,24). The van der Waals surface area contributed by atoms with Gasteiger partial charge in [0.1, 0.15) is 11.4 Å². The summed E-state index contributed by atoms with van der Waals surface area (Å²) in [6.45, 7) is 9.58. The van der Waals surface area contributed by atoms with E-state index in [0.29, 0.717) is 12.3 Å². The molecule has 0 spiro atoms. The maximum absolute atomic E-state index is 10.9. The van der Waals surface area contributed by atoms with Crippen LogP contribution in [-0.4, -0.2) is 22.7 Å². The molecule has 0 saturated carbocycles. The second-order valence-electron chi connectivity index (χ2n) is 7.50. The van der Waals surface area contributed by atoms with Gasteiger partial charge in [0.15, 0.2) is 0 Å². The topological polar surface area (TPSA) is 59.4 Å². The number of rotatable bonds is 1. The van der Waals surface area contributed by atoms with E-state index in [1.165, 1.54) is 12.3 Å². The van der Waals surface area contributed by atoms with Crippen molar-refractivity contribution in [1.82, 2.24) is 4.98 Å². The molecular formula is C21H21NO3. The summed E-state index contributed by atoms with van der Waals surface area (Å²) >= 11 is 0. The van der Waals surface area contributed by atoms with Gasteiger partial charge in [0.25, 0.3) is 0 Å². The van der Waals surface area contributed by atoms with Crippen molar-refractivity contribution < 1.29 is 14.6 Å². The first-order valence-electron chi connectivity index (χ1n) is 8.19. The Hall–Kier alpha value is -2.80. The summed E-state index contributed by atoms with van der Waals surface area (Å²) in [6, 6.07) is 9.11. The first-order chi connectivity index (χ1) is 11.7. The molecule has 0 saturated heterocycles. The van der Waals surface area contributed by atoms with Crippen LogP contribution >= 0.6 is 0 Å². The van der Waals surface area contributed by atoms with Gasteiger partial charge in [-0.25, -0.2) is 9.78 Å². The molecule has 0 atom stereocenters. The molecule has 1 aliphatic rings. The van der Waals surface area contributed by atoms with Crippen LogP contribution in [0.5, 0.6) is 5.75 Å². The van der Waals surface area contributed by atoms with Crippen molar-refractivity contribution in [2.24, 2.45) is 5.41 Å². The number of carbonyl (C=O) groups is 1. The minimum Gasteiger partial charge on any atom is -0.493 e. The van der Waals surface area contributed by atoms with Gasteiger partial charge >= 0.3 is 5.97 Å². The number of pyridine rings is 1. The number of hydrogen-bond donors (Lipinski definition) is 1. The van der Waals surface area contributed by atoms with E-state index >= 15 is 0 Å². The summed E-state index contributed by atoms with van der Waals surface area (Å²) in [4.78, 5) is 14.9. The first kappa shape index (κ1) is 17.0. The van der Waals surface area contributed by atoms with Gasteiger partial charge in [-0.3, -0.25) is 0 Å². The Morgan fingerprint density at radius 1 is 1.16 bits per heavy atom. The fourth-order valence-corrected chi connectivity index (χ4v) is 2.76. The number of carboxylic acids is 1. The van der Waals surface area contributed by atoms with E-state index in [1.54, 1.807) is 6.07 Å². The van der Waals surface area contributed by atoms with Crippen LogP contribution in [0, 0.1) is 17.3 Å². The number of carboxylic acid groups (broad SMARTS) is 1. The molecule has 1 aliphatic heterocycles. The lowest BCUT2D eigenvalue weighted by molar-refractivity contribution is 0.0696. The highest BCUT2D eigenvalue weighted by atomic mass is 16.5. The largest absolute Gasteiger partial charge is 0.493 e. The minimum atomic E-state index is -0.994. The maximum Gasteiger partial charge on any atom is 0.337 e. The van der Waals surface area contributed by atoms with E-state index in [-0.39, 0.29) is 16.4 Å². The zero-order chi connectivity index (χ0) is 18.2. The van der Waals surface area contributed by atoms with Gasteiger partial charge in [-0.15, -0.1) is 0 Å².